The van der Waals surface area contributed by atoms with E-state index in [1.165, 1.54) is 27.4 Å². The molecule has 3 nitrogen and oxygen atoms in total. The number of hydrogen-bond donors (Lipinski definition) is 1. The number of carbonyl (C=O) groups is 1. The Bertz CT molecular complexity index is 847. The van der Waals surface area contributed by atoms with Gasteiger partial charge in [0.1, 0.15) is 0 Å². The second kappa shape index (κ2) is 4.75. The van der Waals surface area contributed by atoms with Gasteiger partial charge in [-0.15, -0.1) is 0 Å². The lowest BCUT2D eigenvalue weighted by Gasteiger charge is -2.35. The second-order valence-corrected chi connectivity index (χ2v) is 6.71. The summed E-state index contributed by atoms with van der Waals surface area (Å²) >= 11 is 6.19. The van der Waals surface area contributed by atoms with E-state index in [2.05, 4.69) is 35.8 Å². The molecule has 0 unspecified atom stereocenters. The van der Waals surface area contributed by atoms with Gasteiger partial charge in [-0.3, -0.25) is 4.79 Å². The molecule has 1 heterocycles. The number of nitrogens with two attached hydrogens (primary N) is 1. The van der Waals surface area contributed by atoms with Gasteiger partial charge in [-0.2, -0.15) is 0 Å². The molecule has 4 heteroatoms. The molecule has 1 saturated carbocycles. The molecule has 0 aliphatic heterocycles. The zero-order valence-electron chi connectivity index (χ0n) is 12.3. The highest BCUT2D eigenvalue weighted by molar-refractivity contribution is 6.31. The number of amides is 1. The van der Waals surface area contributed by atoms with Gasteiger partial charge in [-0.05, 0) is 50.1 Å². The van der Waals surface area contributed by atoms with Crippen LogP contribution in [0.1, 0.15) is 24.4 Å². The van der Waals surface area contributed by atoms with E-state index in [0.29, 0.717) is 6.04 Å². The standard InChI is InChI=1S/C18H17ClN2O/c1-10-2-4-16-14(6-10)15-9-12(19)3-5-17(15)21(16)13-7-11(8-13)18(20)22/h2-6,9,11,13H,7-8H2,1H3,(H2,20,22). The molecule has 1 aliphatic carbocycles. The SMILES string of the molecule is Cc1ccc2c(c1)c1cc(Cl)ccc1n2C1CC(C(N)=O)C1. The van der Waals surface area contributed by atoms with E-state index in [1.54, 1.807) is 0 Å². The lowest BCUT2D eigenvalue weighted by atomic mass is 9.79. The minimum atomic E-state index is -0.184. The molecule has 1 aliphatic rings. The number of primary amides is 1. The maximum absolute atomic E-state index is 11.3. The van der Waals surface area contributed by atoms with Crippen molar-refractivity contribution in [2.45, 2.75) is 25.8 Å². The molecule has 0 saturated heterocycles. The van der Waals surface area contributed by atoms with E-state index < -0.39 is 0 Å². The van der Waals surface area contributed by atoms with E-state index in [-0.39, 0.29) is 11.8 Å². The summed E-state index contributed by atoms with van der Waals surface area (Å²) < 4.78 is 2.35. The van der Waals surface area contributed by atoms with E-state index >= 15 is 0 Å². The van der Waals surface area contributed by atoms with Crippen molar-refractivity contribution < 1.29 is 4.79 Å². The predicted octanol–water partition coefficient (Wildman–Crippen LogP) is 4.19. The molecule has 2 N–H and O–H groups in total. The number of fused-ring (bicyclic) bond motifs is 3. The summed E-state index contributed by atoms with van der Waals surface area (Å²) in [5, 5.41) is 3.14. The topological polar surface area (TPSA) is 48.0 Å². The van der Waals surface area contributed by atoms with Crippen molar-refractivity contribution in [3.63, 3.8) is 0 Å². The van der Waals surface area contributed by atoms with Gasteiger partial charge in [0, 0.05) is 38.8 Å². The second-order valence-electron chi connectivity index (χ2n) is 6.28. The lowest BCUT2D eigenvalue weighted by Crippen LogP contribution is -2.36. The van der Waals surface area contributed by atoms with Crippen molar-refractivity contribution >= 4 is 39.3 Å². The van der Waals surface area contributed by atoms with Crippen LogP contribution in [0.3, 0.4) is 0 Å². The van der Waals surface area contributed by atoms with Gasteiger partial charge in [0.05, 0.1) is 0 Å². The van der Waals surface area contributed by atoms with Crippen LogP contribution in [-0.4, -0.2) is 10.5 Å². The van der Waals surface area contributed by atoms with Crippen molar-refractivity contribution in [3.05, 3.63) is 47.0 Å². The number of nitrogens with zero attached hydrogens (tertiary/aromatic N) is 1. The van der Waals surface area contributed by atoms with Gasteiger partial charge in [0.2, 0.25) is 5.91 Å². The normalized spacial score (nSPS) is 21.2. The van der Waals surface area contributed by atoms with E-state index in [9.17, 15) is 4.79 Å². The van der Waals surface area contributed by atoms with Crippen LogP contribution in [-0.2, 0) is 4.79 Å². The van der Waals surface area contributed by atoms with Gasteiger partial charge < -0.3 is 10.3 Å². The first-order valence-electron chi connectivity index (χ1n) is 7.53. The summed E-state index contributed by atoms with van der Waals surface area (Å²) in [5.74, 6) is -0.175. The maximum Gasteiger partial charge on any atom is 0.220 e. The molecule has 1 fully saturated rings. The van der Waals surface area contributed by atoms with Gasteiger partial charge in [0.25, 0.3) is 0 Å². The van der Waals surface area contributed by atoms with Gasteiger partial charge in [0.15, 0.2) is 0 Å². The van der Waals surface area contributed by atoms with Gasteiger partial charge >= 0.3 is 0 Å². The Labute approximate surface area is 133 Å². The molecule has 0 radical (unpaired) electrons. The van der Waals surface area contributed by atoms with Crippen LogP contribution < -0.4 is 5.73 Å². The highest BCUT2D eigenvalue weighted by Crippen LogP contribution is 2.43. The van der Waals surface area contributed by atoms with Crippen molar-refractivity contribution in [2.24, 2.45) is 11.7 Å². The Morgan fingerprint density at radius 1 is 1.14 bits per heavy atom. The van der Waals surface area contributed by atoms with E-state index in [4.69, 9.17) is 17.3 Å². The Hall–Kier alpha value is -2.00. The molecule has 1 aromatic heterocycles. The van der Waals surface area contributed by atoms with Crippen LogP contribution in [0.2, 0.25) is 5.02 Å². The summed E-state index contributed by atoms with van der Waals surface area (Å²) in [4.78, 5) is 11.3. The van der Waals surface area contributed by atoms with E-state index in [1.807, 2.05) is 12.1 Å². The number of aryl methyl sites for hydroxylation is 1. The van der Waals surface area contributed by atoms with Crippen LogP contribution in [0.25, 0.3) is 21.8 Å². The molecule has 0 atom stereocenters. The van der Waals surface area contributed by atoms with Crippen LogP contribution in [0.4, 0.5) is 0 Å². The Kier molecular flexibility index (Phi) is 2.95. The Balaban J connectivity index is 1.94. The molecule has 3 aromatic rings. The first kappa shape index (κ1) is 13.6. The van der Waals surface area contributed by atoms with Crippen LogP contribution in [0.5, 0.6) is 0 Å². The Morgan fingerprint density at radius 3 is 2.45 bits per heavy atom. The largest absolute Gasteiger partial charge is 0.369 e. The summed E-state index contributed by atoms with van der Waals surface area (Å²) in [6, 6.07) is 12.9. The predicted molar refractivity (Wildman–Crippen MR) is 90.1 cm³/mol. The minimum absolute atomic E-state index is 0.00949. The first-order chi connectivity index (χ1) is 10.5. The number of rotatable bonds is 2. The maximum atomic E-state index is 11.3. The molecule has 4 rings (SSSR count). The van der Waals surface area contributed by atoms with Gasteiger partial charge in [-0.25, -0.2) is 0 Å². The van der Waals surface area contributed by atoms with Crippen molar-refractivity contribution in [1.29, 1.82) is 0 Å². The molecule has 22 heavy (non-hydrogen) atoms. The molecule has 112 valence electrons. The van der Waals surface area contributed by atoms with Crippen molar-refractivity contribution in [1.82, 2.24) is 4.57 Å². The fourth-order valence-electron chi connectivity index (χ4n) is 3.56. The van der Waals surface area contributed by atoms with Crippen LogP contribution in [0, 0.1) is 12.8 Å². The average Bonchev–Trinajstić information content (AvgIpc) is 2.71. The highest BCUT2D eigenvalue weighted by atomic mass is 35.5. The molecular weight excluding hydrogens is 296 g/mol. The van der Waals surface area contributed by atoms with Crippen molar-refractivity contribution in [2.75, 3.05) is 0 Å². The minimum Gasteiger partial charge on any atom is -0.369 e. The van der Waals surface area contributed by atoms with Crippen LogP contribution in [0.15, 0.2) is 36.4 Å². The number of aromatic nitrogens is 1. The molecular formula is C18H17ClN2O. The number of halogens is 1. The highest BCUT2D eigenvalue weighted by Gasteiger charge is 2.35. The summed E-state index contributed by atoms with van der Waals surface area (Å²) in [7, 11) is 0. The van der Waals surface area contributed by atoms with Crippen LogP contribution >= 0.6 is 11.6 Å². The van der Waals surface area contributed by atoms with Crippen molar-refractivity contribution in [3.8, 4) is 0 Å². The first-order valence-corrected chi connectivity index (χ1v) is 7.91. The molecule has 2 aromatic carbocycles. The molecule has 1 amide bonds. The summed E-state index contributed by atoms with van der Waals surface area (Å²) in [6.07, 6.45) is 1.65. The monoisotopic (exact) mass is 312 g/mol. The lowest BCUT2D eigenvalue weighted by molar-refractivity contribution is -0.125. The molecule has 0 bridgehead atoms. The third-order valence-electron chi connectivity index (χ3n) is 4.80. The zero-order chi connectivity index (χ0) is 15.4. The Morgan fingerprint density at radius 2 is 1.77 bits per heavy atom. The van der Waals surface area contributed by atoms with E-state index in [0.717, 1.165) is 17.9 Å². The third-order valence-corrected chi connectivity index (χ3v) is 5.04. The fraction of sp³-hybridized carbons (Fsp3) is 0.278. The molecule has 0 spiro atoms. The summed E-state index contributed by atoms with van der Waals surface area (Å²) in [6.45, 7) is 2.10. The third kappa shape index (κ3) is 1.92. The number of hydrogen-bond acceptors (Lipinski definition) is 1. The zero-order valence-corrected chi connectivity index (χ0v) is 13.1. The van der Waals surface area contributed by atoms with Gasteiger partial charge in [-0.1, -0.05) is 23.2 Å². The quantitative estimate of drug-likeness (QED) is 0.757. The fourth-order valence-corrected chi connectivity index (χ4v) is 3.74. The number of carbonyl (C=O) groups excluding carboxylic acids is 1. The smallest absolute Gasteiger partial charge is 0.220 e. The number of benzene rings is 2. The average molecular weight is 313 g/mol. The summed E-state index contributed by atoms with van der Waals surface area (Å²) in [5.41, 5.74) is 9.03.